The molecule has 0 radical (unpaired) electrons. The summed E-state index contributed by atoms with van der Waals surface area (Å²) in [7, 11) is -3.53. The van der Waals surface area contributed by atoms with Gasteiger partial charge in [0, 0.05) is 30.3 Å². The summed E-state index contributed by atoms with van der Waals surface area (Å²) in [6.07, 6.45) is 1.74. The topological polar surface area (TPSA) is 92.5 Å². The molecule has 0 spiro atoms. The molecule has 1 aliphatic heterocycles. The molecule has 4 rings (SSSR count). The van der Waals surface area contributed by atoms with Crippen molar-refractivity contribution >= 4 is 32.7 Å². The maximum atomic E-state index is 12.8. The fourth-order valence-corrected chi connectivity index (χ4v) is 5.10. The Hall–Kier alpha value is -2.71. The summed E-state index contributed by atoms with van der Waals surface area (Å²) < 4.78 is 32.9. The number of sulfonamides is 1. The monoisotopic (exact) mass is 441 g/mol. The molecule has 31 heavy (non-hydrogen) atoms. The number of fused-ring (bicyclic) bond motifs is 1. The minimum atomic E-state index is -3.53. The largest absolute Gasteiger partial charge is 0.440 e. The van der Waals surface area contributed by atoms with E-state index in [2.05, 4.69) is 17.2 Å². The van der Waals surface area contributed by atoms with Crippen LogP contribution in [0.25, 0.3) is 11.1 Å². The lowest BCUT2D eigenvalue weighted by molar-refractivity contribution is 0.102. The summed E-state index contributed by atoms with van der Waals surface area (Å²) in [6, 6.07) is 11.4. The van der Waals surface area contributed by atoms with Crippen LogP contribution in [0.4, 0.5) is 5.69 Å². The van der Waals surface area contributed by atoms with Crippen molar-refractivity contribution in [3.05, 3.63) is 53.9 Å². The van der Waals surface area contributed by atoms with Gasteiger partial charge >= 0.3 is 0 Å². The molecule has 8 heteroatoms. The van der Waals surface area contributed by atoms with Crippen LogP contribution in [0.15, 0.2) is 51.8 Å². The van der Waals surface area contributed by atoms with Gasteiger partial charge < -0.3 is 9.73 Å². The van der Waals surface area contributed by atoms with Crippen LogP contribution >= 0.6 is 0 Å². The van der Waals surface area contributed by atoms with E-state index in [0.29, 0.717) is 47.2 Å². The standard InChI is InChI=1S/C23H27N3O4S/c1-15(2)23-25-20-14-18(6-9-21(20)30-23)24-22(27)17-4-7-19(8-5-17)31(28,29)26-12-10-16(3)11-13-26/h4-9,14-16H,10-13H2,1-3H3,(H,24,27). The first-order valence-electron chi connectivity index (χ1n) is 10.6. The van der Waals surface area contributed by atoms with Crippen LogP contribution in [0.1, 0.15) is 55.8 Å². The first kappa shape index (κ1) is 21.5. The lowest BCUT2D eigenvalue weighted by atomic mass is 10.0. The summed E-state index contributed by atoms with van der Waals surface area (Å²) >= 11 is 0. The SMILES string of the molecule is CC1CCN(S(=O)(=O)c2ccc(C(=O)Nc3ccc4oc(C(C)C)nc4c3)cc2)CC1. The Morgan fingerprint density at radius 2 is 1.81 bits per heavy atom. The summed E-state index contributed by atoms with van der Waals surface area (Å²) in [5, 5.41) is 2.83. The fraction of sp³-hybridized carbons (Fsp3) is 0.391. The highest BCUT2D eigenvalue weighted by molar-refractivity contribution is 7.89. The Morgan fingerprint density at radius 3 is 2.45 bits per heavy atom. The zero-order chi connectivity index (χ0) is 22.2. The summed E-state index contributed by atoms with van der Waals surface area (Å²) in [4.78, 5) is 17.3. The summed E-state index contributed by atoms with van der Waals surface area (Å²) in [5.74, 6) is 1.06. The van der Waals surface area contributed by atoms with Crippen molar-refractivity contribution in [2.24, 2.45) is 5.92 Å². The number of hydrogen-bond donors (Lipinski definition) is 1. The molecular formula is C23H27N3O4S. The van der Waals surface area contributed by atoms with Gasteiger partial charge in [0.05, 0.1) is 4.90 Å². The van der Waals surface area contributed by atoms with E-state index >= 15 is 0 Å². The number of anilines is 1. The van der Waals surface area contributed by atoms with Crippen molar-refractivity contribution in [1.29, 1.82) is 0 Å². The average molecular weight is 442 g/mol. The minimum absolute atomic E-state index is 0.175. The van der Waals surface area contributed by atoms with Crippen LogP contribution in [-0.2, 0) is 10.0 Å². The third kappa shape index (κ3) is 4.50. The number of oxazole rings is 1. The number of carbonyl (C=O) groups is 1. The Bertz CT molecular complexity index is 1190. The molecule has 1 fully saturated rings. The molecule has 1 amide bonds. The predicted octanol–water partition coefficient (Wildman–Crippen LogP) is 4.62. The number of nitrogens with one attached hydrogen (secondary N) is 1. The van der Waals surface area contributed by atoms with Crippen LogP contribution < -0.4 is 5.32 Å². The molecule has 2 heterocycles. The molecule has 1 aliphatic rings. The van der Waals surface area contributed by atoms with E-state index in [1.165, 1.54) is 16.4 Å². The van der Waals surface area contributed by atoms with E-state index in [0.717, 1.165) is 12.8 Å². The van der Waals surface area contributed by atoms with Gasteiger partial charge in [0.2, 0.25) is 10.0 Å². The molecule has 0 saturated carbocycles. The lowest BCUT2D eigenvalue weighted by Gasteiger charge is -2.29. The third-order valence-electron chi connectivity index (χ3n) is 5.65. The first-order chi connectivity index (χ1) is 14.7. The third-order valence-corrected chi connectivity index (χ3v) is 7.57. The average Bonchev–Trinajstić information content (AvgIpc) is 3.18. The van der Waals surface area contributed by atoms with Gasteiger partial charge in [-0.25, -0.2) is 13.4 Å². The molecule has 0 aliphatic carbocycles. The van der Waals surface area contributed by atoms with Crippen molar-refractivity contribution in [2.75, 3.05) is 18.4 Å². The van der Waals surface area contributed by atoms with Crippen molar-refractivity contribution < 1.29 is 17.6 Å². The number of aromatic nitrogens is 1. The van der Waals surface area contributed by atoms with Crippen LogP contribution in [0.3, 0.4) is 0 Å². The highest BCUT2D eigenvalue weighted by Crippen LogP contribution is 2.25. The van der Waals surface area contributed by atoms with Crippen LogP contribution in [0.2, 0.25) is 0 Å². The maximum absolute atomic E-state index is 12.8. The summed E-state index contributed by atoms with van der Waals surface area (Å²) in [5.41, 5.74) is 2.33. The molecule has 0 bridgehead atoms. The normalized spacial score (nSPS) is 16.1. The number of rotatable bonds is 5. The quantitative estimate of drug-likeness (QED) is 0.623. The zero-order valence-corrected chi connectivity index (χ0v) is 18.8. The van der Waals surface area contributed by atoms with Crippen molar-refractivity contribution in [3.63, 3.8) is 0 Å². The van der Waals surface area contributed by atoms with Gasteiger partial charge in [-0.1, -0.05) is 20.8 Å². The van der Waals surface area contributed by atoms with E-state index in [-0.39, 0.29) is 16.7 Å². The van der Waals surface area contributed by atoms with Crippen LogP contribution in [0.5, 0.6) is 0 Å². The van der Waals surface area contributed by atoms with Gasteiger partial charge in [0.15, 0.2) is 11.5 Å². The Kier molecular flexibility index (Phi) is 5.85. The number of nitrogens with zero attached hydrogens (tertiary/aromatic N) is 2. The van der Waals surface area contributed by atoms with Gasteiger partial charge in [-0.2, -0.15) is 4.31 Å². The second-order valence-corrected chi connectivity index (χ2v) is 10.4. The zero-order valence-electron chi connectivity index (χ0n) is 18.0. The maximum Gasteiger partial charge on any atom is 0.255 e. The Morgan fingerprint density at radius 1 is 1.13 bits per heavy atom. The minimum Gasteiger partial charge on any atom is -0.440 e. The van der Waals surface area contributed by atoms with Gasteiger partial charge in [-0.05, 0) is 61.2 Å². The molecule has 0 atom stereocenters. The van der Waals surface area contributed by atoms with Gasteiger partial charge in [-0.15, -0.1) is 0 Å². The van der Waals surface area contributed by atoms with E-state index < -0.39 is 10.0 Å². The summed E-state index contributed by atoms with van der Waals surface area (Å²) in [6.45, 7) is 7.22. The number of piperidine rings is 1. The molecule has 3 aromatic rings. The number of carbonyl (C=O) groups excluding carboxylic acids is 1. The molecule has 1 aromatic heterocycles. The highest BCUT2D eigenvalue weighted by atomic mass is 32.2. The van der Waals surface area contributed by atoms with E-state index in [1.54, 1.807) is 30.3 Å². The Balaban J connectivity index is 1.47. The van der Waals surface area contributed by atoms with Gasteiger partial charge in [-0.3, -0.25) is 4.79 Å². The fourth-order valence-electron chi connectivity index (χ4n) is 3.63. The second kappa shape index (κ2) is 8.43. The molecule has 0 unspecified atom stereocenters. The van der Waals surface area contributed by atoms with Gasteiger partial charge in [0.25, 0.3) is 5.91 Å². The van der Waals surface area contributed by atoms with E-state index in [1.807, 2.05) is 13.8 Å². The van der Waals surface area contributed by atoms with E-state index in [4.69, 9.17) is 4.42 Å². The van der Waals surface area contributed by atoms with E-state index in [9.17, 15) is 13.2 Å². The highest BCUT2D eigenvalue weighted by Gasteiger charge is 2.28. The van der Waals surface area contributed by atoms with Crippen molar-refractivity contribution in [3.8, 4) is 0 Å². The number of hydrogen-bond acceptors (Lipinski definition) is 5. The first-order valence-corrected chi connectivity index (χ1v) is 12.0. The molecule has 1 saturated heterocycles. The molecule has 2 aromatic carbocycles. The molecule has 7 nitrogen and oxygen atoms in total. The van der Waals surface area contributed by atoms with Gasteiger partial charge in [0.1, 0.15) is 5.52 Å². The van der Waals surface area contributed by atoms with Crippen molar-refractivity contribution in [1.82, 2.24) is 9.29 Å². The van der Waals surface area contributed by atoms with Crippen LogP contribution in [0, 0.1) is 5.92 Å². The Labute approximate surface area is 182 Å². The number of amides is 1. The molecular weight excluding hydrogens is 414 g/mol. The molecule has 1 N–H and O–H groups in total. The second-order valence-electron chi connectivity index (χ2n) is 8.45. The predicted molar refractivity (Wildman–Crippen MR) is 120 cm³/mol. The lowest BCUT2D eigenvalue weighted by Crippen LogP contribution is -2.37. The van der Waals surface area contributed by atoms with Crippen molar-refractivity contribution in [2.45, 2.75) is 44.4 Å². The number of benzene rings is 2. The molecule has 164 valence electrons. The smallest absolute Gasteiger partial charge is 0.255 e. The van der Waals surface area contributed by atoms with Crippen LogP contribution in [-0.4, -0.2) is 36.7 Å².